The Morgan fingerprint density at radius 3 is 0.692 bits per heavy atom. The van der Waals surface area contributed by atoms with Crippen molar-refractivity contribution in [1.29, 1.82) is 0 Å². The SMILES string of the molecule is CC(N)[O-].CC(N)[O-].CC(N)[O-].[Ti+3]. The normalized spacial score (nSPS) is 14.5. The number of rotatable bonds is 0. The van der Waals surface area contributed by atoms with Crippen molar-refractivity contribution in [1.82, 2.24) is 0 Å². The van der Waals surface area contributed by atoms with Crippen molar-refractivity contribution in [2.24, 2.45) is 17.2 Å². The maximum atomic E-state index is 9.31. The summed E-state index contributed by atoms with van der Waals surface area (Å²) >= 11 is 0. The second-order valence-electron chi connectivity index (χ2n) is 2.12. The maximum Gasteiger partial charge on any atom is 3.00 e. The minimum absolute atomic E-state index is 0. The van der Waals surface area contributed by atoms with Gasteiger partial charge in [0.15, 0.2) is 0 Å². The summed E-state index contributed by atoms with van der Waals surface area (Å²) in [5, 5.41) is 27.9. The third-order valence-corrected chi connectivity index (χ3v) is 0. The molecule has 0 amide bonds. The predicted octanol–water partition coefficient (Wildman–Crippen LogP) is -4.05. The van der Waals surface area contributed by atoms with Gasteiger partial charge in [-0.3, -0.25) is 0 Å². The van der Waals surface area contributed by atoms with Crippen molar-refractivity contribution in [3.05, 3.63) is 0 Å². The standard InChI is InChI=1S/3C2H6NO.Ti/c3*1-2(3)4;/h3*2H,3H2,1H3;/q3*-1;+3. The second-order valence-corrected chi connectivity index (χ2v) is 2.12. The summed E-state index contributed by atoms with van der Waals surface area (Å²) in [6.07, 6.45) is -2.75. The summed E-state index contributed by atoms with van der Waals surface area (Å²) in [4.78, 5) is 0. The largest absolute Gasteiger partial charge is 3.00 e. The summed E-state index contributed by atoms with van der Waals surface area (Å²) in [7, 11) is 0. The van der Waals surface area contributed by atoms with E-state index in [1.54, 1.807) is 0 Å². The van der Waals surface area contributed by atoms with Gasteiger partial charge in [0.25, 0.3) is 0 Å². The van der Waals surface area contributed by atoms with Crippen molar-refractivity contribution >= 4 is 0 Å². The van der Waals surface area contributed by atoms with E-state index in [2.05, 4.69) is 17.2 Å². The van der Waals surface area contributed by atoms with E-state index >= 15 is 0 Å². The number of nitrogens with two attached hydrogens (primary N) is 3. The Hall–Kier alpha value is 0.474. The first-order chi connectivity index (χ1) is 5.20. The van der Waals surface area contributed by atoms with Gasteiger partial charge in [0.05, 0.1) is 0 Å². The first-order valence-electron chi connectivity index (χ1n) is 3.44. The second kappa shape index (κ2) is 18.3. The topological polar surface area (TPSA) is 147 Å². The molecule has 6 nitrogen and oxygen atoms in total. The zero-order chi connectivity index (χ0) is 10.7. The molecule has 0 rings (SSSR count). The van der Waals surface area contributed by atoms with Gasteiger partial charge in [-0.1, -0.05) is 39.5 Å². The first-order valence-corrected chi connectivity index (χ1v) is 3.44. The predicted molar refractivity (Wildman–Crippen MR) is 40.9 cm³/mol. The molecule has 13 heavy (non-hydrogen) atoms. The number of hydrogen-bond acceptors (Lipinski definition) is 6. The smallest absolute Gasteiger partial charge is 0.841 e. The van der Waals surface area contributed by atoms with Gasteiger partial charge in [0, 0.05) is 0 Å². The molecule has 3 unspecified atom stereocenters. The van der Waals surface area contributed by atoms with Crippen LogP contribution in [-0.4, -0.2) is 18.7 Å². The fraction of sp³-hybridized carbons (Fsp3) is 1.00. The van der Waals surface area contributed by atoms with Crippen molar-refractivity contribution in [3.63, 3.8) is 0 Å². The van der Waals surface area contributed by atoms with Crippen LogP contribution >= 0.6 is 0 Å². The van der Waals surface area contributed by atoms with Crippen LogP contribution in [0.25, 0.3) is 0 Å². The van der Waals surface area contributed by atoms with E-state index < -0.39 is 18.7 Å². The summed E-state index contributed by atoms with van der Waals surface area (Å²) in [6.45, 7) is 4.17. The fourth-order valence-corrected chi connectivity index (χ4v) is 0. The average molecular weight is 228 g/mol. The van der Waals surface area contributed by atoms with Gasteiger partial charge < -0.3 is 32.5 Å². The van der Waals surface area contributed by atoms with E-state index in [9.17, 15) is 15.3 Å². The molecule has 0 aromatic carbocycles. The van der Waals surface area contributed by atoms with Gasteiger partial charge >= 0.3 is 21.7 Å². The van der Waals surface area contributed by atoms with Crippen LogP contribution in [0.5, 0.6) is 0 Å². The molecule has 79 valence electrons. The van der Waals surface area contributed by atoms with Crippen LogP contribution in [0.3, 0.4) is 0 Å². The molecule has 0 aliphatic heterocycles. The molecule has 0 aromatic rings. The Morgan fingerprint density at radius 2 is 0.692 bits per heavy atom. The van der Waals surface area contributed by atoms with Crippen LogP contribution in [0, 0.1) is 0 Å². The van der Waals surface area contributed by atoms with Crippen LogP contribution in [-0.2, 0) is 21.7 Å². The van der Waals surface area contributed by atoms with Crippen LogP contribution in [0.1, 0.15) is 20.8 Å². The Kier molecular flexibility index (Phi) is 32.9. The summed E-state index contributed by atoms with van der Waals surface area (Å²) in [5.41, 5.74) is 13.7. The van der Waals surface area contributed by atoms with Crippen LogP contribution in [0.2, 0.25) is 0 Å². The molecule has 0 aromatic heterocycles. The molecule has 0 aliphatic carbocycles. The minimum Gasteiger partial charge on any atom is -0.841 e. The monoisotopic (exact) mass is 228 g/mol. The van der Waals surface area contributed by atoms with Gasteiger partial charge in [-0.05, 0) is 0 Å². The Labute approximate surface area is 94.0 Å². The zero-order valence-electron chi connectivity index (χ0n) is 8.19. The molecule has 1 radical (unpaired) electrons. The van der Waals surface area contributed by atoms with Gasteiger partial charge in [0.1, 0.15) is 0 Å². The zero-order valence-corrected chi connectivity index (χ0v) is 9.75. The Morgan fingerprint density at radius 1 is 0.692 bits per heavy atom. The van der Waals surface area contributed by atoms with E-state index in [0.29, 0.717) is 0 Å². The van der Waals surface area contributed by atoms with E-state index in [0.717, 1.165) is 0 Å². The van der Waals surface area contributed by atoms with Gasteiger partial charge in [-0.25, -0.2) is 0 Å². The quantitative estimate of drug-likeness (QED) is 0.284. The molecule has 0 spiro atoms. The fourth-order valence-electron chi connectivity index (χ4n) is 0. The Bertz CT molecular complexity index is 51.6. The molecular weight excluding hydrogens is 210 g/mol. The molecule has 0 saturated carbocycles. The molecule has 7 heteroatoms. The summed E-state index contributed by atoms with van der Waals surface area (Å²) in [6, 6.07) is 0. The van der Waals surface area contributed by atoms with Crippen molar-refractivity contribution in [3.8, 4) is 0 Å². The maximum absolute atomic E-state index is 9.31. The molecule has 0 saturated heterocycles. The molecule has 0 fully saturated rings. The van der Waals surface area contributed by atoms with E-state index in [-0.39, 0.29) is 21.7 Å². The third-order valence-electron chi connectivity index (χ3n) is 0. The molecular formula is C6H18N3O3Ti. The van der Waals surface area contributed by atoms with E-state index in [1.807, 2.05) is 0 Å². The molecule has 6 N–H and O–H groups in total. The number of hydrogen-bond donors (Lipinski definition) is 3. The summed E-state index contributed by atoms with van der Waals surface area (Å²) < 4.78 is 0. The van der Waals surface area contributed by atoms with Crippen LogP contribution < -0.4 is 32.5 Å². The van der Waals surface area contributed by atoms with Gasteiger partial charge in [0.2, 0.25) is 0 Å². The van der Waals surface area contributed by atoms with E-state index in [1.165, 1.54) is 20.8 Å². The van der Waals surface area contributed by atoms with E-state index in [4.69, 9.17) is 0 Å². The minimum atomic E-state index is -0.917. The molecule has 0 aliphatic rings. The summed E-state index contributed by atoms with van der Waals surface area (Å²) in [5.74, 6) is 0. The molecule has 0 bridgehead atoms. The third kappa shape index (κ3) is 6080. The molecule has 0 heterocycles. The van der Waals surface area contributed by atoms with Gasteiger partial charge in [-0.15, -0.1) is 0 Å². The van der Waals surface area contributed by atoms with Crippen LogP contribution in [0.15, 0.2) is 0 Å². The van der Waals surface area contributed by atoms with Crippen molar-refractivity contribution in [2.75, 3.05) is 0 Å². The van der Waals surface area contributed by atoms with Gasteiger partial charge in [-0.2, -0.15) is 0 Å². The molecule has 3 atom stereocenters. The van der Waals surface area contributed by atoms with Crippen molar-refractivity contribution in [2.45, 2.75) is 39.5 Å². The van der Waals surface area contributed by atoms with Crippen LogP contribution in [0.4, 0.5) is 0 Å². The average Bonchev–Trinajstić information content (AvgIpc) is 1.54. The Balaban J connectivity index is -0.0000000450. The van der Waals surface area contributed by atoms with Crippen molar-refractivity contribution < 1.29 is 37.0 Å². The first kappa shape index (κ1) is 23.4.